The zero-order valence-corrected chi connectivity index (χ0v) is 11.5. The molecule has 86 valence electrons. The Morgan fingerprint density at radius 3 is 2.25 bits per heavy atom. The molecular formula is C14H20OSi. The molecule has 0 saturated carbocycles. The number of hydrogen-bond acceptors (Lipinski definition) is 1. The highest BCUT2D eigenvalue weighted by Crippen LogP contribution is 2.15. The Morgan fingerprint density at radius 2 is 1.75 bits per heavy atom. The summed E-state index contributed by atoms with van der Waals surface area (Å²) in [5, 5.41) is 1.12. The van der Waals surface area contributed by atoms with Crippen molar-refractivity contribution in [3.05, 3.63) is 53.4 Å². The standard InChI is InChI=1S/C14H20OSi/c1-15-14(16(2,3)4)12-8-11-13-9-6-5-7-10-13/h5-12H,1-4H3/b11-8+,14-12-. The summed E-state index contributed by atoms with van der Waals surface area (Å²) >= 11 is 0. The molecule has 16 heavy (non-hydrogen) atoms. The summed E-state index contributed by atoms with van der Waals surface area (Å²) in [4.78, 5) is 0. The number of hydrogen-bond donors (Lipinski definition) is 0. The maximum absolute atomic E-state index is 5.42. The topological polar surface area (TPSA) is 9.23 Å². The molecule has 0 radical (unpaired) electrons. The Balaban J connectivity index is 2.75. The van der Waals surface area contributed by atoms with Crippen LogP contribution in [0.3, 0.4) is 0 Å². The van der Waals surface area contributed by atoms with Crippen LogP contribution in [0.1, 0.15) is 5.56 Å². The maximum atomic E-state index is 5.42. The first-order valence-corrected chi connectivity index (χ1v) is 9.02. The first kappa shape index (κ1) is 12.8. The van der Waals surface area contributed by atoms with E-state index in [1.807, 2.05) is 18.2 Å². The molecule has 0 bridgehead atoms. The second kappa shape index (κ2) is 5.71. The Kier molecular flexibility index (Phi) is 4.56. The van der Waals surface area contributed by atoms with Gasteiger partial charge >= 0.3 is 0 Å². The van der Waals surface area contributed by atoms with Gasteiger partial charge in [-0.05, 0) is 11.6 Å². The summed E-state index contributed by atoms with van der Waals surface area (Å²) in [6, 6.07) is 10.3. The highest BCUT2D eigenvalue weighted by atomic mass is 28.3. The largest absolute Gasteiger partial charge is 0.506 e. The molecule has 1 nitrogen and oxygen atoms in total. The average Bonchev–Trinajstić information content (AvgIpc) is 2.24. The van der Waals surface area contributed by atoms with E-state index >= 15 is 0 Å². The fourth-order valence-electron chi connectivity index (χ4n) is 1.43. The van der Waals surface area contributed by atoms with Crippen molar-refractivity contribution in [3.8, 4) is 0 Å². The van der Waals surface area contributed by atoms with Crippen molar-refractivity contribution in [2.24, 2.45) is 0 Å². The van der Waals surface area contributed by atoms with Crippen LogP contribution in [-0.4, -0.2) is 15.2 Å². The summed E-state index contributed by atoms with van der Waals surface area (Å²) < 4.78 is 5.42. The Labute approximate surface area is 99.5 Å². The lowest BCUT2D eigenvalue weighted by Crippen LogP contribution is -2.24. The monoisotopic (exact) mass is 232 g/mol. The molecule has 1 aromatic rings. The molecule has 0 spiro atoms. The summed E-state index contributed by atoms with van der Waals surface area (Å²) in [6.07, 6.45) is 6.24. The van der Waals surface area contributed by atoms with Crippen molar-refractivity contribution >= 4 is 14.1 Å². The second-order valence-corrected chi connectivity index (χ2v) is 9.75. The molecule has 2 heteroatoms. The van der Waals surface area contributed by atoms with Gasteiger partial charge in [0.1, 0.15) is 8.07 Å². The molecule has 0 aromatic heterocycles. The first-order chi connectivity index (χ1) is 7.54. The Bertz CT molecular complexity index is 371. The van der Waals surface area contributed by atoms with Crippen LogP contribution in [0.5, 0.6) is 0 Å². The van der Waals surface area contributed by atoms with E-state index in [1.165, 1.54) is 5.56 Å². The molecule has 0 unspecified atom stereocenters. The van der Waals surface area contributed by atoms with Crippen LogP contribution < -0.4 is 0 Å². The molecule has 0 aliphatic carbocycles. The third-order valence-corrected chi connectivity index (χ3v) is 4.14. The van der Waals surface area contributed by atoms with E-state index in [9.17, 15) is 0 Å². The zero-order chi connectivity index (χ0) is 12.0. The van der Waals surface area contributed by atoms with Crippen molar-refractivity contribution in [1.29, 1.82) is 0 Å². The van der Waals surface area contributed by atoms with Gasteiger partial charge in [-0.25, -0.2) is 0 Å². The van der Waals surface area contributed by atoms with E-state index in [-0.39, 0.29) is 0 Å². The van der Waals surface area contributed by atoms with Crippen molar-refractivity contribution in [2.75, 3.05) is 7.11 Å². The molecule has 0 heterocycles. The average molecular weight is 232 g/mol. The van der Waals surface area contributed by atoms with Crippen LogP contribution >= 0.6 is 0 Å². The van der Waals surface area contributed by atoms with Crippen LogP contribution in [0.15, 0.2) is 47.9 Å². The van der Waals surface area contributed by atoms with Gasteiger partial charge in [-0.3, -0.25) is 0 Å². The molecule has 0 fully saturated rings. The predicted octanol–water partition coefficient (Wildman–Crippen LogP) is 4.11. The molecule has 0 aliphatic heterocycles. The molecule has 0 amide bonds. The Hall–Kier alpha value is -1.28. The summed E-state index contributed by atoms with van der Waals surface area (Å²) in [5.41, 5.74) is 1.21. The normalized spacial score (nSPS) is 13.1. The minimum Gasteiger partial charge on any atom is -0.506 e. The van der Waals surface area contributed by atoms with E-state index < -0.39 is 8.07 Å². The van der Waals surface area contributed by atoms with Gasteiger partial charge in [0.2, 0.25) is 0 Å². The van der Waals surface area contributed by atoms with Gasteiger partial charge in [0.25, 0.3) is 0 Å². The van der Waals surface area contributed by atoms with E-state index in [4.69, 9.17) is 4.74 Å². The van der Waals surface area contributed by atoms with Crippen LogP contribution in [0, 0.1) is 0 Å². The minimum absolute atomic E-state index is 1.12. The number of methoxy groups -OCH3 is 1. The Morgan fingerprint density at radius 1 is 1.12 bits per heavy atom. The SMILES string of the molecule is CO/C(=C/C=C/c1ccccc1)[Si](C)(C)C. The lowest BCUT2D eigenvalue weighted by Gasteiger charge is -2.18. The fourth-order valence-corrected chi connectivity index (χ4v) is 2.64. The van der Waals surface area contributed by atoms with Crippen LogP contribution in [-0.2, 0) is 4.74 Å². The van der Waals surface area contributed by atoms with Crippen LogP contribution in [0.25, 0.3) is 6.08 Å². The van der Waals surface area contributed by atoms with Gasteiger partial charge in [-0.1, -0.05) is 62.1 Å². The molecule has 0 saturated heterocycles. The predicted molar refractivity (Wildman–Crippen MR) is 73.9 cm³/mol. The maximum Gasteiger partial charge on any atom is 0.122 e. The van der Waals surface area contributed by atoms with Crippen LogP contribution in [0.2, 0.25) is 19.6 Å². The van der Waals surface area contributed by atoms with E-state index in [2.05, 4.69) is 50.0 Å². The molecule has 0 atom stereocenters. The quantitative estimate of drug-likeness (QED) is 0.431. The zero-order valence-electron chi connectivity index (χ0n) is 10.5. The third kappa shape index (κ3) is 4.07. The number of benzene rings is 1. The highest BCUT2D eigenvalue weighted by Gasteiger charge is 2.19. The lowest BCUT2D eigenvalue weighted by molar-refractivity contribution is 0.316. The van der Waals surface area contributed by atoms with Crippen molar-refractivity contribution in [2.45, 2.75) is 19.6 Å². The van der Waals surface area contributed by atoms with E-state index in [0.717, 1.165) is 5.38 Å². The van der Waals surface area contributed by atoms with Gasteiger partial charge < -0.3 is 4.74 Å². The third-order valence-electron chi connectivity index (χ3n) is 2.29. The van der Waals surface area contributed by atoms with Gasteiger partial charge in [-0.15, -0.1) is 0 Å². The molecule has 1 aromatic carbocycles. The van der Waals surface area contributed by atoms with Gasteiger partial charge in [0.05, 0.1) is 12.5 Å². The lowest BCUT2D eigenvalue weighted by atomic mass is 10.2. The van der Waals surface area contributed by atoms with Gasteiger partial charge in [0, 0.05) is 0 Å². The van der Waals surface area contributed by atoms with E-state index in [1.54, 1.807) is 7.11 Å². The van der Waals surface area contributed by atoms with Crippen molar-refractivity contribution in [1.82, 2.24) is 0 Å². The highest BCUT2D eigenvalue weighted by molar-refractivity contribution is 6.82. The smallest absolute Gasteiger partial charge is 0.122 e. The van der Waals surface area contributed by atoms with Crippen molar-refractivity contribution < 1.29 is 4.74 Å². The van der Waals surface area contributed by atoms with Crippen LogP contribution in [0.4, 0.5) is 0 Å². The van der Waals surface area contributed by atoms with E-state index in [0.29, 0.717) is 0 Å². The summed E-state index contributed by atoms with van der Waals surface area (Å²) in [6.45, 7) is 6.83. The molecule has 1 rings (SSSR count). The number of ether oxygens (including phenoxy) is 1. The molecule has 0 aliphatic rings. The first-order valence-electron chi connectivity index (χ1n) is 5.52. The molecular weight excluding hydrogens is 212 g/mol. The van der Waals surface area contributed by atoms with Gasteiger partial charge in [-0.2, -0.15) is 0 Å². The number of allylic oxidation sites excluding steroid dienone is 2. The second-order valence-electron chi connectivity index (χ2n) is 4.75. The minimum atomic E-state index is -1.34. The molecule has 0 N–H and O–H groups in total. The van der Waals surface area contributed by atoms with Crippen molar-refractivity contribution in [3.63, 3.8) is 0 Å². The summed E-state index contributed by atoms with van der Waals surface area (Å²) in [7, 11) is 0.413. The fraction of sp³-hybridized carbons (Fsp3) is 0.286. The number of rotatable bonds is 4. The summed E-state index contributed by atoms with van der Waals surface area (Å²) in [5.74, 6) is 0. The van der Waals surface area contributed by atoms with Gasteiger partial charge in [0.15, 0.2) is 0 Å².